The summed E-state index contributed by atoms with van der Waals surface area (Å²) in [5, 5.41) is 10.5. The molecule has 0 aliphatic heterocycles. The van der Waals surface area contributed by atoms with Crippen molar-refractivity contribution in [3.8, 4) is 6.07 Å². The molecule has 38 heavy (non-hydrogen) atoms. The van der Waals surface area contributed by atoms with Crippen molar-refractivity contribution >= 4 is 0 Å². The molecule has 5 heteroatoms. The highest BCUT2D eigenvalue weighted by molar-refractivity contribution is 5.37. The molecule has 0 heterocycles. The summed E-state index contributed by atoms with van der Waals surface area (Å²) in [6, 6.07) is 28.9. The third kappa shape index (κ3) is 7.26. The van der Waals surface area contributed by atoms with E-state index in [0.29, 0.717) is 6.42 Å². The van der Waals surface area contributed by atoms with Crippen molar-refractivity contribution in [1.29, 1.82) is 5.26 Å². The van der Waals surface area contributed by atoms with Gasteiger partial charge in [-0.25, -0.2) is 0 Å². The molecule has 1 atom stereocenters. The molecule has 1 fully saturated rings. The SMILES string of the molecule is N#CC(CCCN(CCc1ccccc1)CCc1ccccc1)(c1ccc(C(F)(F)F)cc1)C1CCCC1. The zero-order valence-corrected chi connectivity index (χ0v) is 22.0. The summed E-state index contributed by atoms with van der Waals surface area (Å²) in [5.74, 6) is 0.186. The van der Waals surface area contributed by atoms with E-state index in [1.807, 2.05) is 12.1 Å². The van der Waals surface area contributed by atoms with Crippen LogP contribution in [0, 0.1) is 17.2 Å². The zero-order chi connectivity index (χ0) is 26.8. The van der Waals surface area contributed by atoms with Gasteiger partial charge in [0.2, 0.25) is 0 Å². The number of benzene rings is 3. The smallest absolute Gasteiger partial charge is 0.303 e. The standard InChI is InChI=1S/C33H37F3N2/c34-33(35,36)31-18-16-30(17-19-31)32(26-37,29-14-7-8-15-29)22-9-23-38(24-20-27-10-3-1-4-11-27)25-21-28-12-5-2-6-13-28/h1-6,10-13,16-19,29H,7-9,14-15,20-25H2. The lowest BCUT2D eigenvalue weighted by molar-refractivity contribution is -0.137. The summed E-state index contributed by atoms with van der Waals surface area (Å²) >= 11 is 0. The van der Waals surface area contributed by atoms with Gasteiger partial charge in [-0.05, 0) is 79.8 Å². The first-order chi connectivity index (χ1) is 18.4. The Morgan fingerprint density at radius 2 is 1.21 bits per heavy atom. The zero-order valence-electron chi connectivity index (χ0n) is 22.0. The topological polar surface area (TPSA) is 27.0 Å². The molecule has 3 aromatic carbocycles. The van der Waals surface area contributed by atoms with Crippen LogP contribution in [-0.4, -0.2) is 24.5 Å². The van der Waals surface area contributed by atoms with Crippen molar-refractivity contribution in [3.63, 3.8) is 0 Å². The fourth-order valence-corrected chi connectivity index (χ4v) is 5.95. The molecule has 0 amide bonds. The summed E-state index contributed by atoms with van der Waals surface area (Å²) in [4.78, 5) is 2.48. The lowest BCUT2D eigenvalue weighted by Gasteiger charge is -2.34. The van der Waals surface area contributed by atoms with Crippen molar-refractivity contribution < 1.29 is 13.2 Å². The van der Waals surface area contributed by atoms with Gasteiger partial charge >= 0.3 is 6.18 Å². The van der Waals surface area contributed by atoms with Crippen molar-refractivity contribution in [1.82, 2.24) is 4.90 Å². The van der Waals surface area contributed by atoms with Gasteiger partial charge in [-0.15, -0.1) is 0 Å². The minimum absolute atomic E-state index is 0.186. The Morgan fingerprint density at radius 1 is 0.711 bits per heavy atom. The Bertz CT molecular complexity index is 1100. The maximum absolute atomic E-state index is 13.2. The summed E-state index contributed by atoms with van der Waals surface area (Å²) in [6.07, 6.45) is 3.10. The van der Waals surface area contributed by atoms with E-state index >= 15 is 0 Å². The van der Waals surface area contributed by atoms with Gasteiger partial charge in [0, 0.05) is 13.1 Å². The van der Waals surface area contributed by atoms with E-state index in [-0.39, 0.29) is 5.92 Å². The second kappa shape index (κ2) is 13.1. The van der Waals surface area contributed by atoms with Crippen LogP contribution in [0.5, 0.6) is 0 Å². The molecule has 2 nitrogen and oxygen atoms in total. The number of nitriles is 1. The fourth-order valence-electron chi connectivity index (χ4n) is 5.95. The maximum Gasteiger partial charge on any atom is 0.416 e. The molecule has 1 aliphatic rings. The van der Waals surface area contributed by atoms with Crippen LogP contribution in [0.25, 0.3) is 0 Å². The summed E-state index contributed by atoms with van der Waals surface area (Å²) in [5.41, 5.74) is 1.94. The van der Waals surface area contributed by atoms with Gasteiger partial charge in [0.05, 0.1) is 17.0 Å². The molecule has 0 spiro atoms. The Balaban J connectivity index is 1.47. The van der Waals surface area contributed by atoms with Crippen molar-refractivity contribution in [3.05, 3.63) is 107 Å². The molecular weight excluding hydrogens is 481 g/mol. The average molecular weight is 519 g/mol. The van der Waals surface area contributed by atoms with Crippen molar-refractivity contribution in [2.45, 2.75) is 63.0 Å². The molecular formula is C33H37F3N2. The fraction of sp³-hybridized carbons (Fsp3) is 0.424. The van der Waals surface area contributed by atoms with Gasteiger partial charge in [-0.1, -0.05) is 85.6 Å². The molecule has 200 valence electrons. The molecule has 0 N–H and O–H groups in total. The maximum atomic E-state index is 13.2. The highest BCUT2D eigenvalue weighted by Gasteiger charge is 2.42. The number of hydrogen-bond acceptors (Lipinski definition) is 2. The van der Waals surface area contributed by atoms with E-state index < -0.39 is 17.2 Å². The minimum Gasteiger partial charge on any atom is -0.303 e. The average Bonchev–Trinajstić information content (AvgIpc) is 3.49. The van der Waals surface area contributed by atoms with Gasteiger partial charge in [0.25, 0.3) is 0 Å². The van der Waals surface area contributed by atoms with Crippen LogP contribution in [0.15, 0.2) is 84.9 Å². The molecule has 4 rings (SSSR count). The number of alkyl halides is 3. The molecule has 0 bridgehead atoms. The normalized spacial score (nSPS) is 15.9. The molecule has 3 aromatic rings. The molecule has 0 radical (unpaired) electrons. The second-order valence-electron chi connectivity index (χ2n) is 10.6. The summed E-state index contributed by atoms with van der Waals surface area (Å²) in [7, 11) is 0. The molecule has 0 saturated heterocycles. The van der Waals surface area contributed by atoms with Gasteiger partial charge in [-0.2, -0.15) is 18.4 Å². The van der Waals surface area contributed by atoms with Crippen molar-refractivity contribution in [2.24, 2.45) is 5.92 Å². The van der Waals surface area contributed by atoms with E-state index in [4.69, 9.17) is 0 Å². The van der Waals surface area contributed by atoms with Crippen molar-refractivity contribution in [2.75, 3.05) is 19.6 Å². The third-order valence-electron chi connectivity index (χ3n) is 8.14. The van der Waals surface area contributed by atoms with Gasteiger partial charge in [-0.3, -0.25) is 0 Å². The Labute approximate surface area is 225 Å². The van der Waals surface area contributed by atoms with E-state index in [0.717, 1.165) is 82.3 Å². The highest BCUT2D eigenvalue weighted by atomic mass is 19.4. The predicted octanol–water partition coefficient (Wildman–Crippen LogP) is 8.22. The first-order valence-electron chi connectivity index (χ1n) is 13.8. The number of nitrogens with zero attached hydrogens (tertiary/aromatic N) is 2. The number of halogens is 3. The predicted molar refractivity (Wildman–Crippen MR) is 147 cm³/mol. The van der Waals surface area contributed by atoms with Crippen LogP contribution < -0.4 is 0 Å². The summed E-state index contributed by atoms with van der Waals surface area (Å²) < 4.78 is 39.6. The van der Waals surface area contributed by atoms with Gasteiger partial charge < -0.3 is 4.90 Å². The highest BCUT2D eigenvalue weighted by Crippen LogP contribution is 2.45. The quantitative estimate of drug-likeness (QED) is 0.241. The summed E-state index contributed by atoms with van der Waals surface area (Å²) in [6.45, 7) is 2.72. The van der Waals surface area contributed by atoms with E-state index in [1.165, 1.54) is 11.1 Å². The Morgan fingerprint density at radius 3 is 1.68 bits per heavy atom. The van der Waals surface area contributed by atoms with Gasteiger partial charge in [0.15, 0.2) is 0 Å². The van der Waals surface area contributed by atoms with E-state index in [9.17, 15) is 18.4 Å². The molecule has 1 unspecified atom stereocenters. The Kier molecular flexibility index (Phi) is 9.63. The molecule has 1 saturated carbocycles. The number of hydrogen-bond donors (Lipinski definition) is 0. The minimum atomic E-state index is -4.38. The first kappa shape index (κ1) is 27.9. The van der Waals surface area contributed by atoms with Crippen LogP contribution in [0.1, 0.15) is 60.8 Å². The third-order valence-corrected chi connectivity index (χ3v) is 8.14. The van der Waals surface area contributed by atoms with E-state index in [2.05, 4.69) is 59.5 Å². The first-order valence-corrected chi connectivity index (χ1v) is 13.8. The molecule has 1 aliphatic carbocycles. The lowest BCUT2D eigenvalue weighted by atomic mass is 9.67. The van der Waals surface area contributed by atoms with Crippen LogP contribution in [0.4, 0.5) is 13.2 Å². The van der Waals surface area contributed by atoms with Crippen LogP contribution in [0.3, 0.4) is 0 Å². The lowest BCUT2D eigenvalue weighted by Crippen LogP contribution is -2.35. The Hall–Kier alpha value is -3.10. The second-order valence-corrected chi connectivity index (χ2v) is 10.6. The largest absolute Gasteiger partial charge is 0.416 e. The van der Waals surface area contributed by atoms with Crippen LogP contribution in [-0.2, 0) is 24.4 Å². The van der Waals surface area contributed by atoms with Crippen LogP contribution >= 0.6 is 0 Å². The monoisotopic (exact) mass is 518 g/mol. The van der Waals surface area contributed by atoms with E-state index in [1.54, 1.807) is 12.1 Å². The molecule has 0 aromatic heterocycles. The van der Waals surface area contributed by atoms with Crippen LogP contribution in [0.2, 0.25) is 0 Å². The van der Waals surface area contributed by atoms with Gasteiger partial charge in [0.1, 0.15) is 0 Å². The number of rotatable bonds is 12.